The third-order valence-corrected chi connectivity index (χ3v) is 2.91. The van der Waals surface area contributed by atoms with Crippen LogP contribution in [-0.4, -0.2) is 37.5 Å². The Balaban J connectivity index is -0.000000709. The minimum atomic E-state index is 0. The molecule has 0 spiro atoms. The van der Waals surface area contributed by atoms with E-state index >= 15 is 0 Å². The monoisotopic (exact) mass is 246 g/mol. The fourth-order valence-corrected chi connectivity index (χ4v) is 1.31. The Bertz CT molecular complexity index is 177. The highest BCUT2D eigenvalue weighted by Crippen LogP contribution is 2.07. The molecular weight excluding hydrogens is 212 g/mol. The first kappa shape index (κ1) is 18.8. The van der Waals surface area contributed by atoms with Crippen molar-refractivity contribution >= 4 is 5.91 Å². The molecule has 1 N–H and O–H groups in total. The third-order valence-electron chi connectivity index (χ3n) is 2.91. The van der Waals surface area contributed by atoms with Crippen molar-refractivity contribution in [3.63, 3.8) is 0 Å². The van der Waals surface area contributed by atoms with Gasteiger partial charge in [0.25, 0.3) is 0 Å². The Morgan fingerprint density at radius 3 is 2.41 bits per heavy atom. The van der Waals surface area contributed by atoms with E-state index in [1.807, 2.05) is 20.9 Å². The summed E-state index contributed by atoms with van der Waals surface area (Å²) in [7, 11) is 1.84. The van der Waals surface area contributed by atoms with Crippen molar-refractivity contribution in [3.8, 4) is 0 Å². The molecule has 3 heteroatoms. The van der Waals surface area contributed by atoms with E-state index in [0.717, 1.165) is 25.6 Å². The normalized spacial score (nSPS) is 11.4. The number of nitrogens with zero attached hydrogens (tertiary/aromatic N) is 1. The van der Waals surface area contributed by atoms with Crippen molar-refractivity contribution in [1.29, 1.82) is 0 Å². The number of amides is 1. The summed E-state index contributed by atoms with van der Waals surface area (Å²) < 4.78 is 0. The maximum absolute atomic E-state index is 10.9. The van der Waals surface area contributed by atoms with Crippen LogP contribution >= 0.6 is 0 Å². The van der Waals surface area contributed by atoms with Crippen molar-refractivity contribution < 1.29 is 6.22 Å². The summed E-state index contributed by atoms with van der Waals surface area (Å²) in [5.74, 6) is 0.975. The SMILES string of the molecule is CC.CCC(C)CCCNCCN(C)C(C)=O.[HH]. The van der Waals surface area contributed by atoms with E-state index in [9.17, 15) is 4.79 Å². The highest BCUT2D eigenvalue weighted by atomic mass is 16.2. The molecule has 0 aliphatic carbocycles. The predicted octanol–water partition coefficient (Wildman–Crippen LogP) is 3.15. The first-order valence-corrected chi connectivity index (χ1v) is 7.00. The molecule has 0 aromatic heterocycles. The van der Waals surface area contributed by atoms with Gasteiger partial charge in [0.1, 0.15) is 0 Å². The van der Waals surface area contributed by atoms with Crippen LogP contribution in [0.25, 0.3) is 0 Å². The van der Waals surface area contributed by atoms with Crippen LogP contribution in [0, 0.1) is 5.92 Å². The molecule has 0 aromatic carbocycles. The zero-order valence-corrected chi connectivity index (χ0v) is 12.7. The molecule has 1 atom stereocenters. The number of carbonyl (C=O) groups excluding carboxylic acids is 1. The number of carbonyl (C=O) groups is 1. The fourth-order valence-electron chi connectivity index (χ4n) is 1.31. The second-order valence-electron chi connectivity index (χ2n) is 4.35. The lowest BCUT2D eigenvalue weighted by Gasteiger charge is -2.15. The molecule has 17 heavy (non-hydrogen) atoms. The van der Waals surface area contributed by atoms with E-state index in [2.05, 4.69) is 19.2 Å². The standard InChI is InChI=1S/C12H26N2O.C2H6.H2/c1-5-11(2)7-6-8-13-9-10-14(4)12(3)15;1-2;/h11,13H,5-10H2,1-4H3;1-2H3;1H. The highest BCUT2D eigenvalue weighted by molar-refractivity contribution is 5.72. The van der Waals surface area contributed by atoms with Gasteiger partial charge in [-0.15, -0.1) is 0 Å². The number of hydrogen-bond donors (Lipinski definition) is 1. The molecule has 0 bridgehead atoms. The molecule has 0 heterocycles. The minimum absolute atomic E-state index is 0. The van der Waals surface area contributed by atoms with Gasteiger partial charge >= 0.3 is 0 Å². The van der Waals surface area contributed by atoms with Crippen LogP contribution < -0.4 is 5.32 Å². The molecule has 0 saturated heterocycles. The predicted molar refractivity (Wildman–Crippen MR) is 78.3 cm³/mol. The van der Waals surface area contributed by atoms with E-state index in [1.165, 1.54) is 19.3 Å². The summed E-state index contributed by atoms with van der Waals surface area (Å²) in [6.45, 7) is 12.9. The van der Waals surface area contributed by atoms with Crippen molar-refractivity contribution in [2.45, 2.75) is 53.9 Å². The van der Waals surface area contributed by atoms with Crippen molar-refractivity contribution in [1.82, 2.24) is 10.2 Å². The Morgan fingerprint density at radius 1 is 1.35 bits per heavy atom. The van der Waals surface area contributed by atoms with Crippen LogP contribution in [0.15, 0.2) is 0 Å². The van der Waals surface area contributed by atoms with Gasteiger partial charge in [-0.1, -0.05) is 34.1 Å². The molecule has 0 fully saturated rings. The Hall–Kier alpha value is -0.570. The molecule has 0 radical (unpaired) electrons. The summed E-state index contributed by atoms with van der Waals surface area (Å²) in [6.07, 6.45) is 3.80. The average Bonchev–Trinajstić information content (AvgIpc) is 2.35. The molecule has 0 aliphatic heterocycles. The molecule has 3 nitrogen and oxygen atoms in total. The smallest absolute Gasteiger partial charge is 0.219 e. The van der Waals surface area contributed by atoms with Crippen LogP contribution in [0.2, 0.25) is 0 Å². The summed E-state index contributed by atoms with van der Waals surface area (Å²) in [5, 5.41) is 3.36. The molecule has 0 rings (SSSR count). The van der Waals surface area contributed by atoms with Gasteiger partial charge in [0, 0.05) is 28.5 Å². The van der Waals surface area contributed by atoms with Crippen molar-refractivity contribution in [3.05, 3.63) is 0 Å². The molecule has 0 saturated carbocycles. The van der Waals surface area contributed by atoms with Gasteiger partial charge in [-0.3, -0.25) is 4.79 Å². The number of likely N-dealkylation sites (N-methyl/N-ethyl adjacent to an activating group) is 1. The molecule has 1 amide bonds. The highest BCUT2D eigenvalue weighted by Gasteiger charge is 2.00. The largest absolute Gasteiger partial charge is 0.345 e. The quantitative estimate of drug-likeness (QED) is 0.667. The maximum atomic E-state index is 10.9. The third kappa shape index (κ3) is 13.4. The summed E-state index contributed by atoms with van der Waals surface area (Å²) in [6, 6.07) is 0. The van der Waals surface area contributed by atoms with E-state index in [1.54, 1.807) is 11.8 Å². The lowest BCUT2D eigenvalue weighted by atomic mass is 10.0. The van der Waals surface area contributed by atoms with Crippen LogP contribution in [-0.2, 0) is 4.79 Å². The van der Waals surface area contributed by atoms with Gasteiger partial charge in [-0.2, -0.15) is 0 Å². The molecule has 0 aromatic rings. The maximum Gasteiger partial charge on any atom is 0.219 e. The molecule has 106 valence electrons. The van der Waals surface area contributed by atoms with Gasteiger partial charge < -0.3 is 10.2 Å². The van der Waals surface area contributed by atoms with Crippen molar-refractivity contribution in [2.24, 2.45) is 5.92 Å². The molecule has 1 unspecified atom stereocenters. The van der Waals surface area contributed by atoms with Gasteiger partial charge in [0.05, 0.1) is 0 Å². The van der Waals surface area contributed by atoms with Crippen molar-refractivity contribution in [2.75, 3.05) is 26.7 Å². The van der Waals surface area contributed by atoms with Gasteiger partial charge in [0.15, 0.2) is 0 Å². The zero-order valence-electron chi connectivity index (χ0n) is 12.7. The zero-order chi connectivity index (χ0) is 13.7. The topological polar surface area (TPSA) is 32.3 Å². The lowest BCUT2D eigenvalue weighted by molar-refractivity contribution is -0.127. The fraction of sp³-hybridized carbons (Fsp3) is 0.929. The van der Waals surface area contributed by atoms with E-state index in [-0.39, 0.29) is 7.33 Å². The first-order valence-electron chi connectivity index (χ1n) is 7.00. The average molecular weight is 246 g/mol. The second kappa shape index (κ2) is 13.5. The summed E-state index contributed by atoms with van der Waals surface area (Å²) in [4.78, 5) is 12.6. The Morgan fingerprint density at radius 2 is 1.94 bits per heavy atom. The van der Waals surface area contributed by atoms with Crippen LogP contribution in [0.5, 0.6) is 0 Å². The van der Waals surface area contributed by atoms with Gasteiger partial charge in [0.2, 0.25) is 5.91 Å². The van der Waals surface area contributed by atoms with Crippen LogP contribution in [0.1, 0.15) is 55.3 Å². The number of hydrogen-bond acceptors (Lipinski definition) is 2. The number of rotatable bonds is 8. The Labute approximate surface area is 109 Å². The van der Waals surface area contributed by atoms with Crippen LogP contribution in [0.3, 0.4) is 0 Å². The summed E-state index contributed by atoms with van der Waals surface area (Å²) in [5.41, 5.74) is 0. The van der Waals surface area contributed by atoms with Gasteiger partial charge in [-0.05, 0) is 25.3 Å². The summed E-state index contributed by atoms with van der Waals surface area (Å²) >= 11 is 0. The van der Waals surface area contributed by atoms with Gasteiger partial charge in [-0.25, -0.2) is 0 Å². The van der Waals surface area contributed by atoms with E-state index in [4.69, 9.17) is 0 Å². The van der Waals surface area contributed by atoms with Crippen LogP contribution in [0.4, 0.5) is 0 Å². The van der Waals surface area contributed by atoms with E-state index in [0.29, 0.717) is 0 Å². The lowest BCUT2D eigenvalue weighted by Crippen LogP contribution is -2.32. The Kier molecular flexibility index (Phi) is 14.9. The first-order chi connectivity index (χ1) is 8.07. The minimum Gasteiger partial charge on any atom is -0.345 e. The number of nitrogens with one attached hydrogen (secondary N) is 1. The second-order valence-corrected chi connectivity index (χ2v) is 4.35. The van der Waals surface area contributed by atoms with E-state index < -0.39 is 0 Å². The molecule has 0 aliphatic rings. The molecular formula is C14H34N2O.